The van der Waals surface area contributed by atoms with Gasteiger partial charge in [-0.25, -0.2) is 19.6 Å². The zero-order valence-electron chi connectivity index (χ0n) is 13.8. The molecule has 0 saturated heterocycles. The second kappa shape index (κ2) is 6.34. The second-order valence-corrected chi connectivity index (χ2v) is 7.78. The van der Waals surface area contributed by atoms with Crippen LogP contribution in [0.3, 0.4) is 0 Å². The van der Waals surface area contributed by atoms with E-state index < -0.39 is 0 Å². The highest BCUT2D eigenvalue weighted by atomic mass is 35.5. The van der Waals surface area contributed by atoms with Crippen molar-refractivity contribution in [1.29, 1.82) is 0 Å². The van der Waals surface area contributed by atoms with E-state index in [2.05, 4.69) is 31.4 Å². The molecule has 5 rings (SSSR count). The molecule has 1 aliphatic heterocycles. The molecule has 1 aromatic carbocycles. The van der Waals surface area contributed by atoms with Crippen LogP contribution >= 0.6 is 22.9 Å². The van der Waals surface area contributed by atoms with Crippen LogP contribution < -0.4 is 5.32 Å². The third-order valence-corrected chi connectivity index (χ3v) is 6.02. The van der Waals surface area contributed by atoms with Crippen molar-refractivity contribution in [2.75, 3.05) is 5.32 Å². The zero-order valence-corrected chi connectivity index (χ0v) is 15.3. The van der Waals surface area contributed by atoms with E-state index in [1.807, 2.05) is 28.9 Å². The normalized spacial score (nSPS) is 16.6. The van der Waals surface area contributed by atoms with Crippen LogP contribution in [-0.4, -0.2) is 30.8 Å². The summed E-state index contributed by atoms with van der Waals surface area (Å²) >= 11 is 7.69. The van der Waals surface area contributed by atoms with E-state index in [-0.39, 0.29) is 6.04 Å². The Bertz CT molecular complexity index is 1070. The number of nitrogens with one attached hydrogen (secondary N) is 1. The molecule has 130 valence electrons. The summed E-state index contributed by atoms with van der Waals surface area (Å²) < 4.78 is 3.04. The molecule has 1 atom stereocenters. The van der Waals surface area contributed by atoms with Crippen LogP contribution in [0.2, 0.25) is 5.02 Å². The van der Waals surface area contributed by atoms with Crippen LogP contribution in [0, 0.1) is 0 Å². The molecule has 0 bridgehead atoms. The molecule has 0 fully saturated rings. The Labute approximate surface area is 158 Å². The van der Waals surface area contributed by atoms with Gasteiger partial charge in [0.05, 0.1) is 16.8 Å². The predicted molar refractivity (Wildman–Crippen MR) is 104 cm³/mol. The molecule has 3 aromatic heterocycles. The van der Waals surface area contributed by atoms with Crippen molar-refractivity contribution in [2.24, 2.45) is 0 Å². The molecule has 8 heteroatoms. The van der Waals surface area contributed by atoms with Gasteiger partial charge >= 0.3 is 0 Å². The number of benzene rings is 1. The van der Waals surface area contributed by atoms with Crippen LogP contribution in [0.1, 0.15) is 12.2 Å². The zero-order chi connectivity index (χ0) is 17.5. The number of fused-ring (bicyclic) bond motifs is 2. The molecule has 0 aliphatic carbocycles. The van der Waals surface area contributed by atoms with Crippen LogP contribution in [0.4, 0.5) is 5.82 Å². The Morgan fingerprint density at radius 3 is 2.88 bits per heavy atom. The van der Waals surface area contributed by atoms with Gasteiger partial charge in [-0.1, -0.05) is 23.7 Å². The van der Waals surface area contributed by atoms with Crippen molar-refractivity contribution in [3.63, 3.8) is 0 Å². The molecule has 26 heavy (non-hydrogen) atoms. The number of aromatic nitrogens is 5. The standard InChI is InChI=1S/C18H15ClN6S/c19-12-3-1-11(2-4-12)15-7-14-17(26-15)18(22-9-20-14)24-13-5-6-16-21-10-23-25(16)8-13/h1-4,7,9-10,13H,5-6,8H2,(H,20,22,24). The van der Waals surface area contributed by atoms with Crippen LogP contribution in [-0.2, 0) is 13.0 Å². The first-order valence-corrected chi connectivity index (χ1v) is 9.59. The van der Waals surface area contributed by atoms with Gasteiger partial charge in [-0.2, -0.15) is 5.10 Å². The van der Waals surface area contributed by atoms with Gasteiger partial charge in [0.15, 0.2) is 0 Å². The van der Waals surface area contributed by atoms with Crippen molar-refractivity contribution in [3.8, 4) is 10.4 Å². The average molecular weight is 383 g/mol. The monoisotopic (exact) mass is 382 g/mol. The number of hydrogen-bond donors (Lipinski definition) is 1. The summed E-state index contributed by atoms with van der Waals surface area (Å²) in [6, 6.07) is 10.3. The molecule has 6 nitrogen and oxygen atoms in total. The molecule has 0 radical (unpaired) electrons. The van der Waals surface area contributed by atoms with E-state index in [4.69, 9.17) is 11.6 Å². The molecule has 4 aromatic rings. The maximum absolute atomic E-state index is 6.00. The molecule has 4 heterocycles. The van der Waals surface area contributed by atoms with Crippen molar-refractivity contribution in [2.45, 2.75) is 25.4 Å². The lowest BCUT2D eigenvalue weighted by Gasteiger charge is -2.24. The first-order valence-electron chi connectivity index (χ1n) is 8.40. The number of thiophene rings is 1. The fourth-order valence-electron chi connectivity index (χ4n) is 3.26. The Hall–Kier alpha value is -2.51. The minimum absolute atomic E-state index is 0.281. The second-order valence-electron chi connectivity index (χ2n) is 6.29. The first kappa shape index (κ1) is 15.7. The number of rotatable bonds is 3. The molecule has 0 saturated carbocycles. The smallest absolute Gasteiger partial charge is 0.147 e. The topological polar surface area (TPSA) is 68.5 Å². The molecule has 0 amide bonds. The summed E-state index contributed by atoms with van der Waals surface area (Å²) in [4.78, 5) is 14.4. The van der Waals surface area contributed by atoms with Gasteiger partial charge in [0.2, 0.25) is 0 Å². The third kappa shape index (κ3) is 2.83. The number of hydrogen-bond acceptors (Lipinski definition) is 6. The summed E-state index contributed by atoms with van der Waals surface area (Å²) in [6.45, 7) is 0.802. The lowest BCUT2D eigenvalue weighted by Crippen LogP contribution is -2.32. The largest absolute Gasteiger partial charge is 0.364 e. The molecular formula is C18H15ClN6S. The maximum atomic E-state index is 6.00. The predicted octanol–water partition coefficient (Wildman–Crippen LogP) is 4.03. The fourth-order valence-corrected chi connectivity index (χ4v) is 4.46. The van der Waals surface area contributed by atoms with Crippen LogP contribution in [0.5, 0.6) is 0 Å². The minimum Gasteiger partial charge on any atom is -0.364 e. The van der Waals surface area contributed by atoms with E-state index in [1.54, 1.807) is 24.0 Å². The average Bonchev–Trinajstić information content (AvgIpc) is 3.29. The minimum atomic E-state index is 0.281. The number of halogens is 1. The van der Waals surface area contributed by atoms with Gasteiger partial charge in [0, 0.05) is 22.4 Å². The van der Waals surface area contributed by atoms with Gasteiger partial charge in [0.25, 0.3) is 0 Å². The van der Waals surface area contributed by atoms with Crippen LogP contribution in [0.15, 0.2) is 43.0 Å². The molecule has 0 spiro atoms. The molecule has 1 aliphatic rings. The van der Waals surface area contributed by atoms with Gasteiger partial charge in [-0.05, 0) is 30.2 Å². The van der Waals surface area contributed by atoms with E-state index in [1.165, 1.54) is 0 Å². The van der Waals surface area contributed by atoms with Gasteiger partial charge in [-0.3, -0.25) is 0 Å². The first-order chi connectivity index (χ1) is 12.8. The summed E-state index contributed by atoms with van der Waals surface area (Å²) in [6.07, 6.45) is 5.18. The van der Waals surface area contributed by atoms with Crippen molar-refractivity contribution in [1.82, 2.24) is 24.7 Å². The van der Waals surface area contributed by atoms with E-state index >= 15 is 0 Å². The Balaban J connectivity index is 1.46. The van der Waals surface area contributed by atoms with E-state index in [0.29, 0.717) is 0 Å². The van der Waals surface area contributed by atoms with E-state index in [0.717, 1.165) is 56.7 Å². The number of aryl methyl sites for hydroxylation is 1. The quantitative estimate of drug-likeness (QED) is 0.579. The Morgan fingerprint density at radius 2 is 2.00 bits per heavy atom. The SMILES string of the molecule is Clc1ccc(-c2cc3ncnc(NC4CCc5ncnn5C4)c3s2)cc1. The lowest BCUT2D eigenvalue weighted by molar-refractivity contribution is 0.441. The highest BCUT2D eigenvalue weighted by Gasteiger charge is 2.21. The fraction of sp³-hybridized carbons (Fsp3) is 0.222. The molecule has 1 N–H and O–H groups in total. The summed E-state index contributed by atoms with van der Waals surface area (Å²) in [5.41, 5.74) is 2.09. The van der Waals surface area contributed by atoms with Gasteiger partial charge in [0.1, 0.15) is 24.3 Å². The molecular weight excluding hydrogens is 368 g/mol. The van der Waals surface area contributed by atoms with Gasteiger partial charge < -0.3 is 5.32 Å². The van der Waals surface area contributed by atoms with Crippen molar-refractivity contribution >= 4 is 39.0 Å². The molecule has 1 unspecified atom stereocenters. The van der Waals surface area contributed by atoms with Gasteiger partial charge in [-0.15, -0.1) is 11.3 Å². The maximum Gasteiger partial charge on any atom is 0.147 e. The van der Waals surface area contributed by atoms with E-state index in [9.17, 15) is 0 Å². The lowest BCUT2D eigenvalue weighted by atomic mass is 10.1. The highest BCUT2D eigenvalue weighted by Crippen LogP contribution is 2.36. The highest BCUT2D eigenvalue weighted by molar-refractivity contribution is 7.22. The third-order valence-electron chi connectivity index (χ3n) is 4.59. The number of anilines is 1. The number of nitrogens with zero attached hydrogens (tertiary/aromatic N) is 5. The Kier molecular flexibility index (Phi) is 3.83. The summed E-state index contributed by atoms with van der Waals surface area (Å²) in [5.74, 6) is 1.94. The van der Waals surface area contributed by atoms with Crippen molar-refractivity contribution < 1.29 is 0 Å². The Morgan fingerprint density at radius 1 is 1.12 bits per heavy atom. The summed E-state index contributed by atoms with van der Waals surface area (Å²) in [5, 5.41) is 8.60. The van der Waals surface area contributed by atoms with Crippen molar-refractivity contribution in [3.05, 3.63) is 53.8 Å². The van der Waals surface area contributed by atoms with Crippen LogP contribution in [0.25, 0.3) is 20.7 Å². The summed E-state index contributed by atoms with van der Waals surface area (Å²) in [7, 11) is 0.